The quantitative estimate of drug-likeness (QED) is 0.800. The Kier molecular flexibility index (Phi) is 3.87. The average molecular weight is 326 g/mol. The zero-order valence-electron chi connectivity index (χ0n) is 13.7. The van der Waals surface area contributed by atoms with E-state index >= 15 is 0 Å². The Morgan fingerprint density at radius 3 is 2.42 bits per heavy atom. The normalized spacial score (nSPS) is 25.8. The van der Waals surface area contributed by atoms with Crippen LogP contribution in [0.2, 0.25) is 0 Å². The molecular formula is C19H22N2O3. The maximum absolute atomic E-state index is 12.6. The summed E-state index contributed by atoms with van der Waals surface area (Å²) in [4.78, 5) is 40.6. The molecule has 2 fully saturated rings. The molecule has 2 atom stereocenters. The van der Waals surface area contributed by atoms with Crippen LogP contribution in [-0.4, -0.2) is 35.7 Å². The highest BCUT2D eigenvalue weighted by molar-refractivity contribution is 6.05. The first-order valence-electron chi connectivity index (χ1n) is 8.90. The molecule has 5 nitrogen and oxygen atoms in total. The summed E-state index contributed by atoms with van der Waals surface area (Å²) in [7, 11) is 0. The van der Waals surface area contributed by atoms with Gasteiger partial charge in [-0.2, -0.15) is 0 Å². The van der Waals surface area contributed by atoms with Gasteiger partial charge in [0.1, 0.15) is 0 Å². The van der Waals surface area contributed by atoms with Gasteiger partial charge in [0.2, 0.25) is 17.7 Å². The molecule has 0 spiro atoms. The molecule has 0 bridgehead atoms. The van der Waals surface area contributed by atoms with Gasteiger partial charge in [0.15, 0.2) is 0 Å². The smallest absolute Gasteiger partial charge is 0.233 e. The SMILES string of the molecule is O=C1[C@H]2CCCC[C@@H]2C(=O)N1CCC(=O)N1CCc2ccccc21. The number of likely N-dealkylation sites (tertiary alicyclic amines) is 1. The van der Waals surface area contributed by atoms with Crippen molar-refractivity contribution in [3.63, 3.8) is 0 Å². The average Bonchev–Trinajstić information content (AvgIpc) is 3.14. The van der Waals surface area contributed by atoms with Crippen molar-refractivity contribution in [3.8, 4) is 0 Å². The van der Waals surface area contributed by atoms with Crippen molar-refractivity contribution in [1.82, 2.24) is 4.90 Å². The molecule has 0 aromatic heterocycles. The third kappa shape index (κ3) is 2.43. The van der Waals surface area contributed by atoms with Crippen molar-refractivity contribution in [1.29, 1.82) is 0 Å². The summed E-state index contributed by atoms with van der Waals surface area (Å²) in [6, 6.07) is 7.92. The van der Waals surface area contributed by atoms with Crippen LogP contribution in [-0.2, 0) is 20.8 Å². The highest BCUT2D eigenvalue weighted by Crippen LogP contribution is 2.38. The van der Waals surface area contributed by atoms with Gasteiger partial charge in [0, 0.05) is 25.2 Å². The molecule has 2 heterocycles. The lowest BCUT2D eigenvalue weighted by molar-refractivity contribution is -0.140. The number of benzene rings is 1. The Morgan fingerprint density at radius 2 is 1.71 bits per heavy atom. The number of hydrogen-bond donors (Lipinski definition) is 0. The standard InChI is InChI=1S/C19H22N2O3/c22-17(20-11-9-13-5-1-4-8-16(13)20)10-12-21-18(23)14-6-2-3-7-15(14)19(21)24/h1,4-5,8,14-15H,2-3,6-7,9-12H2/t14-,15-/m0/s1. The lowest BCUT2D eigenvalue weighted by Gasteiger charge is -2.20. The molecule has 1 aromatic carbocycles. The Morgan fingerprint density at radius 1 is 1.04 bits per heavy atom. The van der Waals surface area contributed by atoms with Crippen molar-refractivity contribution >= 4 is 23.4 Å². The zero-order chi connectivity index (χ0) is 16.7. The Hall–Kier alpha value is -2.17. The predicted octanol–water partition coefficient (Wildman–Crippen LogP) is 2.14. The van der Waals surface area contributed by atoms with Gasteiger partial charge in [-0.05, 0) is 30.9 Å². The fourth-order valence-electron chi connectivity index (χ4n) is 4.39. The van der Waals surface area contributed by atoms with Crippen molar-refractivity contribution in [2.24, 2.45) is 11.8 Å². The third-order valence-corrected chi connectivity index (χ3v) is 5.67. The molecule has 1 saturated carbocycles. The Balaban J connectivity index is 1.41. The topological polar surface area (TPSA) is 57.7 Å². The fraction of sp³-hybridized carbons (Fsp3) is 0.526. The number of hydrogen-bond acceptors (Lipinski definition) is 3. The number of fused-ring (bicyclic) bond motifs is 2. The van der Waals surface area contributed by atoms with E-state index in [4.69, 9.17) is 0 Å². The van der Waals surface area contributed by atoms with E-state index in [2.05, 4.69) is 0 Å². The number of anilines is 1. The molecule has 3 amide bonds. The molecule has 4 rings (SSSR count). The highest BCUT2D eigenvalue weighted by atomic mass is 16.2. The van der Waals surface area contributed by atoms with E-state index in [9.17, 15) is 14.4 Å². The van der Waals surface area contributed by atoms with Gasteiger partial charge in [0.25, 0.3) is 0 Å². The van der Waals surface area contributed by atoms with E-state index < -0.39 is 0 Å². The Labute approximate surface area is 141 Å². The van der Waals surface area contributed by atoms with Gasteiger partial charge in [-0.25, -0.2) is 0 Å². The molecule has 2 aliphatic heterocycles. The number of carbonyl (C=O) groups excluding carboxylic acids is 3. The summed E-state index contributed by atoms with van der Waals surface area (Å²) in [5, 5.41) is 0. The monoisotopic (exact) mass is 326 g/mol. The van der Waals surface area contributed by atoms with Crippen LogP contribution < -0.4 is 4.90 Å². The molecule has 24 heavy (non-hydrogen) atoms. The first kappa shape index (κ1) is 15.4. The van der Waals surface area contributed by atoms with Crippen LogP contribution in [0, 0.1) is 11.8 Å². The molecule has 0 unspecified atom stereocenters. The molecule has 3 aliphatic rings. The second-order valence-corrected chi connectivity index (χ2v) is 7.00. The van der Waals surface area contributed by atoms with Gasteiger partial charge in [-0.3, -0.25) is 19.3 Å². The van der Waals surface area contributed by atoms with Crippen LogP contribution in [0.15, 0.2) is 24.3 Å². The maximum atomic E-state index is 12.6. The van der Waals surface area contributed by atoms with E-state index in [0.29, 0.717) is 6.54 Å². The van der Waals surface area contributed by atoms with Gasteiger partial charge in [-0.15, -0.1) is 0 Å². The Bertz CT molecular complexity index is 676. The molecular weight excluding hydrogens is 304 g/mol. The molecule has 126 valence electrons. The fourth-order valence-corrected chi connectivity index (χ4v) is 4.39. The molecule has 1 saturated heterocycles. The minimum Gasteiger partial charge on any atom is -0.312 e. The molecule has 0 radical (unpaired) electrons. The van der Waals surface area contributed by atoms with Crippen LogP contribution in [0.25, 0.3) is 0 Å². The zero-order valence-corrected chi connectivity index (χ0v) is 13.7. The van der Waals surface area contributed by atoms with Crippen LogP contribution in [0.5, 0.6) is 0 Å². The number of rotatable bonds is 3. The minimum atomic E-state index is -0.131. The van der Waals surface area contributed by atoms with Gasteiger partial charge in [0.05, 0.1) is 11.8 Å². The van der Waals surface area contributed by atoms with E-state index in [1.54, 1.807) is 4.90 Å². The van der Waals surface area contributed by atoms with Gasteiger partial charge < -0.3 is 4.90 Å². The van der Waals surface area contributed by atoms with Crippen molar-refractivity contribution in [3.05, 3.63) is 29.8 Å². The summed E-state index contributed by atoms with van der Waals surface area (Å²) in [6.45, 7) is 0.910. The minimum absolute atomic E-state index is 0.00424. The highest BCUT2D eigenvalue weighted by Gasteiger charge is 2.47. The maximum Gasteiger partial charge on any atom is 0.233 e. The summed E-state index contributed by atoms with van der Waals surface area (Å²) in [5.41, 5.74) is 2.15. The van der Waals surface area contributed by atoms with Crippen LogP contribution >= 0.6 is 0 Å². The predicted molar refractivity (Wildman–Crippen MR) is 89.3 cm³/mol. The summed E-state index contributed by atoms with van der Waals surface area (Å²) in [5.74, 6) is -0.378. The second kappa shape index (κ2) is 6.04. The summed E-state index contributed by atoms with van der Waals surface area (Å²) < 4.78 is 0. The second-order valence-electron chi connectivity index (χ2n) is 7.00. The number of amides is 3. The van der Waals surface area contributed by atoms with Crippen molar-refractivity contribution in [2.45, 2.75) is 38.5 Å². The molecule has 1 aromatic rings. The van der Waals surface area contributed by atoms with Crippen LogP contribution in [0.4, 0.5) is 5.69 Å². The largest absolute Gasteiger partial charge is 0.312 e. The lowest BCUT2D eigenvalue weighted by Crippen LogP contribution is -2.36. The number of nitrogens with zero attached hydrogens (tertiary/aromatic N) is 2. The van der Waals surface area contributed by atoms with E-state index in [1.807, 2.05) is 24.3 Å². The van der Waals surface area contributed by atoms with Crippen LogP contribution in [0.1, 0.15) is 37.7 Å². The van der Waals surface area contributed by atoms with Crippen molar-refractivity contribution in [2.75, 3.05) is 18.0 Å². The summed E-state index contributed by atoms with van der Waals surface area (Å²) in [6.07, 6.45) is 4.77. The lowest BCUT2D eigenvalue weighted by atomic mass is 9.81. The van der Waals surface area contributed by atoms with E-state index in [-0.39, 0.29) is 42.5 Å². The van der Waals surface area contributed by atoms with Crippen molar-refractivity contribution < 1.29 is 14.4 Å². The molecule has 0 N–H and O–H groups in total. The molecule has 5 heteroatoms. The van der Waals surface area contributed by atoms with E-state index in [0.717, 1.165) is 37.8 Å². The molecule has 1 aliphatic carbocycles. The van der Waals surface area contributed by atoms with E-state index in [1.165, 1.54) is 10.5 Å². The number of imide groups is 1. The third-order valence-electron chi connectivity index (χ3n) is 5.67. The van der Waals surface area contributed by atoms with Gasteiger partial charge in [-0.1, -0.05) is 31.0 Å². The first-order chi connectivity index (χ1) is 11.7. The number of carbonyl (C=O) groups is 3. The summed E-state index contributed by atoms with van der Waals surface area (Å²) >= 11 is 0. The first-order valence-corrected chi connectivity index (χ1v) is 8.90. The van der Waals surface area contributed by atoms with Crippen LogP contribution in [0.3, 0.4) is 0 Å². The van der Waals surface area contributed by atoms with Gasteiger partial charge >= 0.3 is 0 Å². The number of para-hydroxylation sites is 1.